The van der Waals surface area contributed by atoms with Crippen molar-refractivity contribution in [2.45, 2.75) is 25.4 Å². The molecule has 3 N–H and O–H groups in total. The van der Waals surface area contributed by atoms with Crippen molar-refractivity contribution < 1.29 is 24.6 Å². The van der Waals surface area contributed by atoms with Gasteiger partial charge >= 0.3 is 0 Å². The number of para-hydroxylation sites is 1. The van der Waals surface area contributed by atoms with Crippen LogP contribution in [0.25, 0.3) is 0 Å². The van der Waals surface area contributed by atoms with Crippen LogP contribution in [0.2, 0.25) is 0 Å². The van der Waals surface area contributed by atoms with Crippen LogP contribution in [-0.2, 0) is 9.59 Å². The van der Waals surface area contributed by atoms with E-state index in [1.807, 2.05) is 23.1 Å². The van der Waals surface area contributed by atoms with Crippen molar-refractivity contribution in [1.29, 1.82) is 0 Å². The molecule has 8 nitrogen and oxygen atoms in total. The summed E-state index contributed by atoms with van der Waals surface area (Å²) in [6.45, 7) is 2.69. The van der Waals surface area contributed by atoms with Gasteiger partial charge in [-0.3, -0.25) is 14.8 Å². The number of rotatable bonds is 5. The van der Waals surface area contributed by atoms with Crippen LogP contribution in [0, 0.1) is 11.8 Å². The highest BCUT2D eigenvalue weighted by molar-refractivity contribution is 5.87. The Bertz CT molecular complexity index is 913. The lowest BCUT2D eigenvalue weighted by Crippen LogP contribution is -2.53. The largest absolute Gasteiger partial charge is 0.508 e. The fourth-order valence-corrected chi connectivity index (χ4v) is 4.68. The van der Waals surface area contributed by atoms with Gasteiger partial charge in [0, 0.05) is 31.9 Å². The van der Waals surface area contributed by atoms with Crippen LogP contribution in [0.3, 0.4) is 0 Å². The maximum absolute atomic E-state index is 13.3. The quantitative estimate of drug-likeness (QED) is 0.489. The van der Waals surface area contributed by atoms with Gasteiger partial charge in [-0.15, -0.1) is 0 Å². The molecule has 3 atom stereocenters. The summed E-state index contributed by atoms with van der Waals surface area (Å²) < 4.78 is 5.97. The summed E-state index contributed by atoms with van der Waals surface area (Å²) in [6.07, 6.45) is 1.24. The average Bonchev–Trinajstić information content (AvgIpc) is 2.85. The Kier molecular flexibility index (Phi) is 6.80. The first kappa shape index (κ1) is 22.0. The van der Waals surface area contributed by atoms with Crippen molar-refractivity contribution in [2.24, 2.45) is 11.8 Å². The van der Waals surface area contributed by atoms with Gasteiger partial charge < -0.3 is 19.6 Å². The fraction of sp³-hybridized carbons (Fsp3) is 0.417. The Morgan fingerprint density at radius 3 is 2.25 bits per heavy atom. The molecular formula is C24H29N3O5. The van der Waals surface area contributed by atoms with Crippen LogP contribution in [0.5, 0.6) is 11.5 Å². The molecule has 0 bridgehead atoms. The van der Waals surface area contributed by atoms with Crippen LogP contribution < -0.4 is 15.1 Å². The van der Waals surface area contributed by atoms with E-state index in [4.69, 9.17) is 4.74 Å². The number of hydrogen-bond acceptors (Lipinski definition) is 6. The van der Waals surface area contributed by atoms with E-state index >= 15 is 0 Å². The Morgan fingerprint density at radius 2 is 1.59 bits per heavy atom. The van der Waals surface area contributed by atoms with Crippen molar-refractivity contribution in [2.75, 3.05) is 31.1 Å². The molecule has 2 amide bonds. The number of anilines is 1. The van der Waals surface area contributed by atoms with Crippen molar-refractivity contribution >= 4 is 17.5 Å². The van der Waals surface area contributed by atoms with Gasteiger partial charge in [0.15, 0.2) is 0 Å². The number of hydroxylamine groups is 1. The number of benzene rings is 2. The SMILES string of the molecule is O=C(NO)[C@H]1C[C@H](Oc2ccc(O)cc2)CC[C@@H]1C(=O)N1CCN(c2ccccc2)CC1. The number of hydrogen-bond donors (Lipinski definition) is 3. The number of carbonyl (C=O) groups is 2. The number of aromatic hydroxyl groups is 1. The molecule has 0 unspecified atom stereocenters. The van der Waals surface area contributed by atoms with Gasteiger partial charge in [0.2, 0.25) is 11.8 Å². The minimum absolute atomic E-state index is 0.0330. The van der Waals surface area contributed by atoms with Gasteiger partial charge in [-0.1, -0.05) is 18.2 Å². The molecule has 0 radical (unpaired) electrons. The second-order valence-electron chi connectivity index (χ2n) is 8.38. The molecule has 2 aromatic carbocycles. The maximum atomic E-state index is 13.3. The zero-order valence-corrected chi connectivity index (χ0v) is 17.9. The Hall–Kier alpha value is -3.26. The number of nitrogens with zero attached hydrogens (tertiary/aromatic N) is 2. The number of phenolic OH excluding ortho intramolecular Hbond substituents is 1. The monoisotopic (exact) mass is 439 g/mol. The van der Waals surface area contributed by atoms with Crippen molar-refractivity contribution in [3.8, 4) is 11.5 Å². The van der Waals surface area contributed by atoms with E-state index in [1.165, 1.54) is 12.1 Å². The predicted octanol–water partition coefficient (Wildman–Crippen LogP) is 2.41. The van der Waals surface area contributed by atoms with E-state index in [0.717, 1.165) is 18.8 Å². The second-order valence-corrected chi connectivity index (χ2v) is 8.38. The molecule has 0 spiro atoms. The fourth-order valence-electron chi connectivity index (χ4n) is 4.68. The number of nitrogens with one attached hydrogen (secondary N) is 1. The zero-order valence-electron chi connectivity index (χ0n) is 17.9. The van der Waals surface area contributed by atoms with Crippen LogP contribution in [0.4, 0.5) is 5.69 Å². The molecular weight excluding hydrogens is 410 g/mol. The minimum Gasteiger partial charge on any atom is -0.508 e. The van der Waals surface area contributed by atoms with Gasteiger partial charge in [0.05, 0.1) is 17.9 Å². The van der Waals surface area contributed by atoms with E-state index in [-0.39, 0.29) is 17.8 Å². The van der Waals surface area contributed by atoms with E-state index < -0.39 is 17.7 Å². The van der Waals surface area contributed by atoms with Crippen LogP contribution in [0.1, 0.15) is 19.3 Å². The molecule has 1 saturated heterocycles. The third kappa shape index (κ3) is 4.96. The molecule has 1 aliphatic heterocycles. The summed E-state index contributed by atoms with van der Waals surface area (Å²) in [7, 11) is 0. The Morgan fingerprint density at radius 1 is 0.906 bits per heavy atom. The summed E-state index contributed by atoms with van der Waals surface area (Å²) >= 11 is 0. The summed E-state index contributed by atoms with van der Waals surface area (Å²) in [5.74, 6) is -0.977. The Balaban J connectivity index is 1.38. The highest BCUT2D eigenvalue weighted by Gasteiger charge is 2.42. The van der Waals surface area contributed by atoms with E-state index in [1.54, 1.807) is 17.6 Å². The molecule has 0 aromatic heterocycles. The first-order chi connectivity index (χ1) is 15.5. The normalized spacial score (nSPS) is 23.5. The third-order valence-corrected chi connectivity index (χ3v) is 6.42. The highest BCUT2D eigenvalue weighted by atomic mass is 16.5. The van der Waals surface area contributed by atoms with Crippen LogP contribution >= 0.6 is 0 Å². The summed E-state index contributed by atoms with van der Waals surface area (Å²) in [4.78, 5) is 29.8. The smallest absolute Gasteiger partial charge is 0.247 e. The maximum Gasteiger partial charge on any atom is 0.247 e. The van der Waals surface area contributed by atoms with E-state index in [0.29, 0.717) is 38.1 Å². The van der Waals surface area contributed by atoms with Crippen molar-refractivity contribution in [1.82, 2.24) is 10.4 Å². The van der Waals surface area contributed by atoms with Crippen LogP contribution in [0.15, 0.2) is 54.6 Å². The summed E-state index contributed by atoms with van der Waals surface area (Å²) in [6, 6.07) is 16.5. The molecule has 8 heteroatoms. The number of carbonyl (C=O) groups excluding carboxylic acids is 2. The number of piperazine rings is 1. The lowest BCUT2D eigenvalue weighted by Gasteiger charge is -2.40. The van der Waals surface area contributed by atoms with Gasteiger partial charge in [-0.25, -0.2) is 5.48 Å². The highest BCUT2D eigenvalue weighted by Crippen LogP contribution is 2.35. The lowest BCUT2D eigenvalue weighted by atomic mass is 9.76. The Labute approximate surface area is 187 Å². The van der Waals surface area contributed by atoms with Gasteiger partial charge in [0.25, 0.3) is 0 Å². The molecule has 170 valence electrons. The van der Waals surface area contributed by atoms with Crippen molar-refractivity contribution in [3.05, 3.63) is 54.6 Å². The van der Waals surface area contributed by atoms with Gasteiger partial charge in [-0.05, 0) is 55.7 Å². The molecule has 2 fully saturated rings. The van der Waals surface area contributed by atoms with Crippen molar-refractivity contribution in [3.63, 3.8) is 0 Å². The molecule has 1 heterocycles. The van der Waals surface area contributed by atoms with E-state index in [9.17, 15) is 19.9 Å². The zero-order chi connectivity index (χ0) is 22.5. The first-order valence-corrected chi connectivity index (χ1v) is 11.0. The standard InChI is InChI=1S/C24H29N3O5/c28-18-6-8-19(9-7-18)32-20-10-11-21(22(16-20)23(29)25-31)24(30)27-14-12-26(13-15-27)17-4-2-1-3-5-17/h1-9,20-22,28,31H,10-16H2,(H,25,29)/t20-,21+,22+/m1/s1. The topological polar surface area (TPSA) is 102 Å². The minimum atomic E-state index is -0.657. The molecule has 2 aromatic rings. The summed E-state index contributed by atoms with van der Waals surface area (Å²) in [5, 5.41) is 18.7. The second kappa shape index (κ2) is 9.91. The summed E-state index contributed by atoms with van der Waals surface area (Å²) in [5.41, 5.74) is 2.88. The molecule has 4 rings (SSSR count). The molecule has 2 aliphatic rings. The van der Waals surface area contributed by atoms with Gasteiger partial charge in [-0.2, -0.15) is 0 Å². The number of phenols is 1. The van der Waals surface area contributed by atoms with Gasteiger partial charge in [0.1, 0.15) is 11.5 Å². The molecule has 1 saturated carbocycles. The average molecular weight is 440 g/mol. The molecule has 32 heavy (non-hydrogen) atoms. The number of amides is 2. The molecule has 1 aliphatic carbocycles. The predicted molar refractivity (Wildman–Crippen MR) is 119 cm³/mol. The lowest BCUT2D eigenvalue weighted by molar-refractivity contribution is -0.148. The number of ether oxygens (including phenoxy) is 1. The van der Waals surface area contributed by atoms with Crippen LogP contribution in [-0.4, -0.2) is 59.3 Å². The first-order valence-electron chi connectivity index (χ1n) is 11.0. The third-order valence-electron chi connectivity index (χ3n) is 6.42. The van der Waals surface area contributed by atoms with E-state index in [2.05, 4.69) is 17.0 Å².